The van der Waals surface area contributed by atoms with E-state index in [1.54, 1.807) is 16.8 Å². The van der Waals surface area contributed by atoms with Crippen LogP contribution in [0.3, 0.4) is 0 Å². The van der Waals surface area contributed by atoms with Gasteiger partial charge >= 0.3 is 0 Å². The maximum atomic E-state index is 6.12. The number of aromatic nitrogens is 4. The number of imidazole rings is 1. The van der Waals surface area contributed by atoms with Gasteiger partial charge in [0, 0.05) is 13.6 Å². The summed E-state index contributed by atoms with van der Waals surface area (Å²) in [5, 5.41) is 4.80. The molecule has 0 amide bonds. The molecule has 0 saturated carbocycles. The molecule has 0 aromatic carbocycles. The average Bonchev–Trinajstić information content (AvgIpc) is 2.99. The van der Waals surface area contributed by atoms with Gasteiger partial charge in [-0.05, 0) is 12.1 Å². The molecule has 7 heteroatoms. The first-order valence-corrected chi connectivity index (χ1v) is 5.44. The van der Waals surface area contributed by atoms with Gasteiger partial charge in [0.1, 0.15) is 0 Å². The number of hydrogen-bond acceptors (Lipinski definition) is 4. The smallest absolute Gasteiger partial charge is 0.234 e. The van der Waals surface area contributed by atoms with Crippen LogP contribution in [0.1, 0.15) is 5.69 Å². The van der Waals surface area contributed by atoms with Crippen LogP contribution in [0.4, 0.5) is 0 Å². The zero-order valence-corrected chi connectivity index (χ0v) is 9.85. The predicted molar refractivity (Wildman–Crippen MR) is 62.6 cm³/mol. The molecule has 3 aromatic rings. The third kappa shape index (κ3) is 1.38. The van der Waals surface area contributed by atoms with Crippen molar-refractivity contribution >= 4 is 17.4 Å². The third-order valence-electron chi connectivity index (χ3n) is 2.60. The van der Waals surface area contributed by atoms with Crippen LogP contribution in [0, 0.1) is 0 Å². The quantitative estimate of drug-likeness (QED) is 0.748. The van der Waals surface area contributed by atoms with Crippen LogP contribution in [0.2, 0.25) is 5.15 Å². The van der Waals surface area contributed by atoms with Gasteiger partial charge in [0.2, 0.25) is 5.78 Å². The summed E-state index contributed by atoms with van der Waals surface area (Å²) in [5.74, 6) is 1.98. The lowest BCUT2D eigenvalue weighted by Gasteiger charge is -1.95. The SMILES string of the molecule is Cn1c(-c2ccco2)nn2c(Cl)c(CN)nc12. The normalized spacial score (nSPS) is 11.5. The Kier molecular flexibility index (Phi) is 2.20. The molecule has 3 rings (SSSR count). The molecule has 2 N–H and O–H groups in total. The maximum Gasteiger partial charge on any atom is 0.234 e. The van der Waals surface area contributed by atoms with E-state index in [9.17, 15) is 0 Å². The summed E-state index contributed by atoms with van der Waals surface area (Å²) < 4.78 is 8.67. The second-order valence-corrected chi connectivity index (χ2v) is 3.98. The van der Waals surface area contributed by atoms with Crippen molar-refractivity contribution in [3.63, 3.8) is 0 Å². The molecule has 0 spiro atoms. The zero-order valence-electron chi connectivity index (χ0n) is 9.09. The molecule has 0 radical (unpaired) electrons. The highest BCUT2D eigenvalue weighted by atomic mass is 35.5. The molecule has 3 aromatic heterocycles. The van der Waals surface area contributed by atoms with Crippen molar-refractivity contribution in [2.75, 3.05) is 0 Å². The summed E-state index contributed by atoms with van der Waals surface area (Å²) in [4.78, 5) is 4.33. The van der Waals surface area contributed by atoms with Gasteiger partial charge in [0.15, 0.2) is 16.7 Å². The average molecular weight is 252 g/mol. The van der Waals surface area contributed by atoms with Crippen LogP contribution in [-0.2, 0) is 13.6 Å². The van der Waals surface area contributed by atoms with Gasteiger partial charge in [-0.1, -0.05) is 11.6 Å². The highest BCUT2D eigenvalue weighted by Gasteiger charge is 2.18. The summed E-state index contributed by atoms with van der Waals surface area (Å²) in [6.45, 7) is 0.290. The van der Waals surface area contributed by atoms with Crippen molar-refractivity contribution in [1.29, 1.82) is 0 Å². The molecule has 0 unspecified atom stereocenters. The van der Waals surface area contributed by atoms with Crippen LogP contribution < -0.4 is 5.73 Å². The Morgan fingerprint density at radius 2 is 2.35 bits per heavy atom. The molecule has 17 heavy (non-hydrogen) atoms. The Bertz CT molecular complexity index is 667. The van der Waals surface area contributed by atoms with E-state index in [0.717, 1.165) is 0 Å². The summed E-state index contributed by atoms with van der Waals surface area (Å²) >= 11 is 6.12. The summed E-state index contributed by atoms with van der Waals surface area (Å²) in [7, 11) is 1.85. The number of rotatable bonds is 2. The van der Waals surface area contributed by atoms with E-state index in [1.807, 2.05) is 17.7 Å². The number of furan rings is 1. The van der Waals surface area contributed by atoms with Crippen LogP contribution in [-0.4, -0.2) is 19.2 Å². The summed E-state index contributed by atoms with van der Waals surface area (Å²) in [6, 6.07) is 3.64. The fourth-order valence-electron chi connectivity index (χ4n) is 1.74. The van der Waals surface area contributed by atoms with E-state index >= 15 is 0 Å². The highest BCUT2D eigenvalue weighted by Crippen LogP contribution is 2.23. The van der Waals surface area contributed by atoms with Crippen molar-refractivity contribution in [2.45, 2.75) is 6.54 Å². The molecule has 0 atom stereocenters. The van der Waals surface area contributed by atoms with Crippen LogP contribution in [0.25, 0.3) is 17.4 Å². The van der Waals surface area contributed by atoms with Gasteiger partial charge in [-0.2, -0.15) is 4.52 Å². The minimum Gasteiger partial charge on any atom is -0.461 e. The van der Waals surface area contributed by atoms with Crippen molar-refractivity contribution < 1.29 is 4.42 Å². The van der Waals surface area contributed by atoms with E-state index in [1.165, 1.54) is 0 Å². The third-order valence-corrected chi connectivity index (χ3v) is 2.97. The largest absolute Gasteiger partial charge is 0.461 e. The second kappa shape index (κ2) is 3.61. The molecule has 3 heterocycles. The number of hydrogen-bond donors (Lipinski definition) is 1. The molecular formula is C10H10ClN5O. The monoisotopic (exact) mass is 251 g/mol. The highest BCUT2D eigenvalue weighted by molar-refractivity contribution is 6.30. The van der Waals surface area contributed by atoms with Gasteiger partial charge in [-0.3, -0.25) is 4.57 Å². The van der Waals surface area contributed by atoms with Gasteiger partial charge in [-0.15, -0.1) is 5.10 Å². The predicted octanol–water partition coefficient (Wildman–Crippen LogP) is 1.44. The number of halogens is 1. The first kappa shape index (κ1) is 10.4. The minimum atomic E-state index is 0.290. The van der Waals surface area contributed by atoms with Crippen molar-refractivity contribution in [3.05, 3.63) is 29.2 Å². The maximum absolute atomic E-state index is 6.12. The Balaban J connectivity index is 2.27. The van der Waals surface area contributed by atoms with Gasteiger partial charge in [0.05, 0.1) is 12.0 Å². The lowest BCUT2D eigenvalue weighted by molar-refractivity contribution is 0.573. The Morgan fingerprint density at radius 1 is 1.53 bits per heavy atom. The molecule has 0 bridgehead atoms. The van der Waals surface area contributed by atoms with E-state index in [2.05, 4.69) is 10.1 Å². The topological polar surface area (TPSA) is 74.3 Å². The van der Waals surface area contributed by atoms with E-state index in [-0.39, 0.29) is 6.54 Å². The molecule has 0 aliphatic carbocycles. The van der Waals surface area contributed by atoms with Crippen molar-refractivity contribution in [3.8, 4) is 11.6 Å². The Morgan fingerprint density at radius 3 is 2.94 bits per heavy atom. The Hall–Kier alpha value is -1.79. The van der Waals surface area contributed by atoms with Gasteiger partial charge in [0.25, 0.3) is 0 Å². The van der Waals surface area contributed by atoms with Gasteiger partial charge in [-0.25, -0.2) is 4.98 Å². The van der Waals surface area contributed by atoms with Gasteiger partial charge < -0.3 is 10.2 Å². The molecule has 0 fully saturated rings. The zero-order chi connectivity index (χ0) is 12.0. The number of aryl methyl sites for hydroxylation is 1. The van der Waals surface area contributed by atoms with Crippen LogP contribution in [0.5, 0.6) is 0 Å². The van der Waals surface area contributed by atoms with E-state index < -0.39 is 0 Å². The van der Waals surface area contributed by atoms with Crippen molar-refractivity contribution in [1.82, 2.24) is 19.2 Å². The number of nitrogens with two attached hydrogens (primary N) is 1. The molecule has 0 aliphatic heterocycles. The van der Waals surface area contributed by atoms with E-state index in [0.29, 0.717) is 28.2 Å². The molecule has 0 saturated heterocycles. The molecule has 0 aliphatic rings. The number of nitrogens with zero attached hydrogens (tertiary/aromatic N) is 4. The minimum absolute atomic E-state index is 0.290. The first-order chi connectivity index (χ1) is 8.22. The second-order valence-electron chi connectivity index (χ2n) is 3.63. The summed E-state index contributed by atoms with van der Waals surface area (Å²) in [5.41, 5.74) is 6.18. The molecule has 6 nitrogen and oxygen atoms in total. The van der Waals surface area contributed by atoms with Crippen molar-refractivity contribution in [2.24, 2.45) is 12.8 Å². The lowest BCUT2D eigenvalue weighted by atomic mass is 10.4. The fourth-order valence-corrected chi connectivity index (χ4v) is 1.97. The van der Waals surface area contributed by atoms with E-state index in [4.69, 9.17) is 21.8 Å². The van der Waals surface area contributed by atoms with Crippen LogP contribution >= 0.6 is 11.6 Å². The fraction of sp³-hybridized carbons (Fsp3) is 0.200. The lowest BCUT2D eigenvalue weighted by Crippen LogP contribution is -1.99. The Labute approximate surface area is 102 Å². The van der Waals surface area contributed by atoms with Crippen LogP contribution in [0.15, 0.2) is 22.8 Å². The molecule has 88 valence electrons. The molecular weight excluding hydrogens is 242 g/mol. The standard InChI is InChI=1S/C10H10ClN5O/c1-15-9(7-3-2-4-17-7)14-16-8(11)6(5-12)13-10(15)16/h2-4H,5,12H2,1H3. The summed E-state index contributed by atoms with van der Waals surface area (Å²) in [6.07, 6.45) is 1.60. The number of fused-ring (bicyclic) bond motifs is 1. The first-order valence-electron chi connectivity index (χ1n) is 5.06.